The zero-order valence-electron chi connectivity index (χ0n) is 17.5. The number of aryl methyl sites for hydroxylation is 1. The monoisotopic (exact) mass is 452 g/mol. The fourth-order valence-electron chi connectivity index (χ4n) is 3.10. The largest absolute Gasteiger partial charge is 0.326 e. The molecule has 0 aliphatic carbocycles. The summed E-state index contributed by atoms with van der Waals surface area (Å²) in [5, 5.41) is 2.80. The van der Waals surface area contributed by atoms with Crippen LogP contribution < -0.4 is 5.32 Å². The molecular weight excluding hydrogens is 428 g/mol. The van der Waals surface area contributed by atoms with Crippen molar-refractivity contribution in [1.82, 2.24) is 4.90 Å². The molecule has 7 heteroatoms. The molecule has 0 unspecified atom stereocenters. The number of Topliss-reactive ketones (excluding diaryl/α,β-unsaturated/α-hetero) is 1. The number of amides is 2. The summed E-state index contributed by atoms with van der Waals surface area (Å²) in [6.07, 6.45) is 3.60. The Morgan fingerprint density at radius 1 is 1.10 bits per heavy atom. The van der Waals surface area contributed by atoms with Crippen molar-refractivity contribution < 1.29 is 14.4 Å². The van der Waals surface area contributed by atoms with Crippen LogP contribution in [0.4, 0.5) is 5.69 Å². The minimum atomic E-state index is -0.146. The van der Waals surface area contributed by atoms with Gasteiger partial charge in [0.1, 0.15) is 4.32 Å². The quantitative estimate of drug-likeness (QED) is 0.344. The molecule has 2 aromatic rings. The van der Waals surface area contributed by atoms with Gasteiger partial charge in [-0.05, 0) is 61.2 Å². The lowest BCUT2D eigenvalue weighted by atomic mass is 10.1. The van der Waals surface area contributed by atoms with Gasteiger partial charge in [0.15, 0.2) is 5.78 Å². The van der Waals surface area contributed by atoms with Gasteiger partial charge in [-0.2, -0.15) is 0 Å². The zero-order chi connectivity index (χ0) is 22.4. The molecule has 2 aromatic carbocycles. The molecule has 1 heterocycles. The van der Waals surface area contributed by atoms with Crippen LogP contribution in [0.5, 0.6) is 0 Å². The van der Waals surface area contributed by atoms with Gasteiger partial charge in [-0.3, -0.25) is 19.3 Å². The maximum absolute atomic E-state index is 12.7. The molecule has 3 rings (SSSR count). The van der Waals surface area contributed by atoms with Crippen LogP contribution in [0.3, 0.4) is 0 Å². The van der Waals surface area contributed by atoms with Gasteiger partial charge in [-0.1, -0.05) is 55.2 Å². The molecule has 0 saturated carbocycles. The minimum Gasteiger partial charge on any atom is -0.326 e. The minimum absolute atomic E-state index is 0.0200. The number of carbonyl (C=O) groups is 3. The summed E-state index contributed by atoms with van der Waals surface area (Å²) in [5.74, 6) is -0.282. The number of benzene rings is 2. The molecule has 5 nitrogen and oxygen atoms in total. The van der Waals surface area contributed by atoms with E-state index in [1.807, 2.05) is 18.2 Å². The maximum Gasteiger partial charge on any atom is 0.266 e. The third kappa shape index (κ3) is 6.12. The first-order valence-corrected chi connectivity index (χ1v) is 11.3. The van der Waals surface area contributed by atoms with Crippen molar-refractivity contribution in [2.75, 3.05) is 11.9 Å². The number of nitrogens with one attached hydrogen (secondary N) is 1. The Kier molecular flexibility index (Phi) is 7.76. The standard InChI is InChI=1S/C24H24N2O3S2/c1-3-17-6-8-18(9-7-17)15-21-23(29)26(24(30)31-21)14-4-5-22(28)25-20-12-10-19(11-13-20)16(2)27/h6-13,15H,3-5,14H2,1-2H3,(H,25,28). The predicted octanol–water partition coefficient (Wildman–Crippen LogP) is 5.07. The van der Waals surface area contributed by atoms with Gasteiger partial charge in [-0.15, -0.1) is 0 Å². The Labute approximate surface area is 191 Å². The molecule has 1 fully saturated rings. The third-order valence-corrected chi connectivity index (χ3v) is 6.30. The van der Waals surface area contributed by atoms with Crippen LogP contribution >= 0.6 is 24.0 Å². The van der Waals surface area contributed by atoms with Crippen molar-refractivity contribution in [1.29, 1.82) is 0 Å². The van der Waals surface area contributed by atoms with E-state index in [4.69, 9.17) is 12.2 Å². The Bertz CT molecular complexity index is 1030. The Morgan fingerprint density at radius 2 is 1.77 bits per heavy atom. The number of thiocarbonyl (C=S) groups is 1. The Morgan fingerprint density at radius 3 is 2.39 bits per heavy atom. The van der Waals surface area contributed by atoms with Crippen LogP contribution in [0.25, 0.3) is 6.08 Å². The van der Waals surface area contributed by atoms with E-state index in [9.17, 15) is 14.4 Å². The number of hydrogen-bond donors (Lipinski definition) is 1. The van der Waals surface area contributed by atoms with Crippen molar-refractivity contribution in [3.05, 3.63) is 70.1 Å². The summed E-state index contributed by atoms with van der Waals surface area (Å²) < 4.78 is 0.515. The van der Waals surface area contributed by atoms with Gasteiger partial charge in [-0.25, -0.2) is 0 Å². The maximum atomic E-state index is 12.7. The van der Waals surface area contributed by atoms with Crippen molar-refractivity contribution in [3.63, 3.8) is 0 Å². The average molecular weight is 453 g/mol. The van der Waals surface area contributed by atoms with E-state index >= 15 is 0 Å². The summed E-state index contributed by atoms with van der Waals surface area (Å²) in [7, 11) is 0. The predicted molar refractivity (Wildman–Crippen MR) is 130 cm³/mol. The molecule has 0 bridgehead atoms. The molecule has 1 saturated heterocycles. The second-order valence-electron chi connectivity index (χ2n) is 7.21. The number of nitrogens with zero attached hydrogens (tertiary/aromatic N) is 1. The first kappa shape index (κ1) is 22.9. The van der Waals surface area contributed by atoms with Crippen LogP contribution in [0.2, 0.25) is 0 Å². The highest BCUT2D eigenvalue weighted by molar-refractivity contribution is 8.26. The number of ketones is 1. The number of anilines is 1. The number of hydrogen-bond acceptors (Lipinski definition) is 5. The second kappa shape index (κ2) is 10.5. The highest BCUT2D eigenvalue weighted by Crippen LogP contribution is 2.32. The normalized spacial score (nSPS) is 14.9. The lowest BCUT2D eigenvalue weighted by Crippen LogP contribution is -2.29. The van der Waals surface area contributed by atoms with Gasteiger partial charge in [0.2, 0.25) is 5.91 Å². The topological polar surface area (TPSA) is 66.5 Å². The molecule has 0 spiro atoms. The Hall–Kier alpha value is -2.77. The van der Waals surface area contributed by atoms with Crippen molar-refractivity contribution in [2.24, 2.45) is 0 Å². The van der Waals surface area contributed by atoms with Gasteiger partial charge >= 0.3 is 0 Å². The van der Waals surface area contributed by atoms with Gasteiger partial charge in [0.05, 0.1) is 4.91 Å². The highest BCUT2D eigenvalue weighted by atomic mass is 32.2. The van der Waals surface area contributed by atoms with E-state index in [0.29, 0.717) is 33.4 Å². The van der Waals surface area contributed by atoms with Crippen molar-refractivity contribution in [2.45, 2.75) is 33.1 Å². The average Bonchev–Trinajstić information content (AvgIpc) is 3.02. The number of thioether (sulfide) groups is 1. The first-order chi connectivity index (χ1) is 14.9. The molecular formula is C24H24N2O3S2. The first-order valence-electron chi connectivity index (χ1n) is 10.1. The molecule has 31 heavy (non-hydrogen) atoms. The van der Waals surface area contributed by atoms with Gasteiger partial charge < -0.3 is 5.32 Å². The molecule has 0 aromatic heterocycles. The summed E-state index contributed by atoms with van der Waals surface area (Å²) >= 11 is 6.66. The number of carbonyl (C=O) groups excluding carboxylic acids is 3. The van der Waals surface area contributed by atoms with E-state index in [2.05, 4.69) is 24.4 Å². The smallest absolute Gasteiger partial charge is 0.266 e. The van der Waals surface area contributed by atoms with Crippen LogP contribution in [0.1, 0.15) is 48.2 Å². The fraction of sp³-hybridized carbons (Fsp3) is 0.250. The summed E-state index contributed by atoms with van der Waals surface area (Å²) in [4.78, 5) is 38.4. The molecule has 2 amide bonds. The SMILES string of the molecule is CCc1ccc(C=C2SC(=S)N(CCCC(=O)Nc3ccc(C(C)=O)cc3)C2=O)cc1. The molecule has 1 aliphatic rings. The molecule has 1 N–H and O–H groups in total. The zero-order valence-corrected chi connectivity index (χ0v) is 19.1. The summed E-state index contributed by atoms with van der Waals surface area (Å²) in [6, 6.07) is 14.9. The van der Waals surface area contributed by atoms with E-state index in [1.54, 1.807) is 29.2 Å². The van der Waals surface area contributed by atoms with Gasteiger partial charge in [0, 0.05) is 24.2 Å². The summed E-state index contributed by atoms with van der Waals surface area (Å²) in [6.45, 7) is 4.00. The van der Waals surface area contributed by atoms with Crippen molar-refractivity contribution in [3.8, 4) is 0 Å². The third-order valence-electron chi connectivity index (χ3n) is 4.92. The molecule has 160 valence electrons. The second-order valence-corrected chi connectivity index (χ2v) is 8.89. The molecule has 1 aliphatic heterocycles. The van der Waals surface area contributed by atoms with Gasteiger partial charge in [0.25, 0.3) is 5.91 Å². The lowest BCUT2D eigenvalue weighted by Gasteiger charge is -2.14. The fourth-order valence-corrected chi connectivity index (χ4v) is 4.41. The molecule has 0 atom stereocenters. The van der Waals surface area contributed by atoms with E-state index in [0.717, 1.165) is 12.0 Å². The van der Waals surface area contributed by atoms with Crippen LogP contribution in [-0.4, -0.2) is 33.4 Å². The van der Waals surface area contributed by atoms with Crippen LogP contribution in [0.15, 0.2) is 53.4 Å². The van der Waals surface area contributed by atoms with Crippen molar-refractivity contribution >= 4 is 57.7 Å². The van der Waals surface area contributed by atoms with Crippen LogP contribution in [0, 0.1) is 0 Å². The Balaban J connectivity index is 1.51. The molecule has 0 radical (unpaired) electrons. The van der Waals surface area contributed by atoms with Crippen LogP contribution in [-0.2, 0) is 16.0 Å². The lowest BCUT2D eigenvalue weighted by molar-refractivity contribution is -0.122. The van der Waals surface area contributed by atoms with E-state index in [1.165, 1.54) is 24.2 Å². The van der Waals surface area contributed by atoms with E-state index in [-0.39, 0.29) is 24.0 Å². The highest BCUT2D eigenvalue weighted by Gasteiger charge is 2.31. The van der Waals surface area contributed by atoms with E-state index < -0.39 is 0 Å². The number of rotatable bonds is 8. The summed E-state index contributed by atoms with van der Waals surface area (Å²) in [5.41, 5.74) is 3.45.